The predicted molar refractivity (Wildman–Crippen MR) is 140 cm³/mol. The van der Waals surface area contributed by atoms with Crippen molar-refractivity contribution in [2.45, 2.75) is 50.2 Å². The second-order valence-corrected chi connectivity index (χ2v) is 9.33. The lowest BCUT2D eigenvalue weighted by Crippen LogP contribution is -2.63. The molecule has 5 rings (SSSR count). The summed E-state index contributed by atoms with van der Waals surface area (Å²) in [5.74, 6) is 0. The Morgan fingerprint density at radius 1 is 0.846 bits per heavy atom. The number of carbonyl (C=O) groups excluding carboxylic acids is 1. The van der Waals surface area contributed by atoms with E-state index in [9.17, 15) is 9.90 Å². The number of benzene rings is 3. The molecule has 0 spiro atoms. The van der Waals surface area contributed by atoms with Crippen molar-refractivity contribution >= 4 is 6.09 Å². The molecule has 0 radical (unpaired) electrons. The first-order chi connectivity index (χ1) is 19.2. The summed E-state index contributed by atoms with van der Waals surface area (Å²) in [6.07, 6.45) is -5.10. The largest absolute Gasteiger partial charge is 0.445 e. The minimum Gasteiger partial charge on any atom is -0.445 e. The number of nitrogens with one attached hydrogen (secondary N) is 1. The topological polar surface area (TPSA) is 105 Å². The summed E-state index contributed by atoms with van der Waals surface area (Å²) in [5, 5.41) is 13.9. The maximum absolute atomic E-state index is 12.0. The fourth-order valence-electron chi connectivity index (χ4n) is 4.54. The normalized spacial score (nSPS) is 26.4. The van der Waals surface area contributed by atoms with E-state index in [1.165, 1.54) is 0 Å². The number of hydrogen-bond acceptors (Lipinski definition) is 8. The van der Waals surface area contributed by atoms with Crippen molar-refractivity contribution in [3.05, 3.63) is 108 Å². The zero-order valence-electron chi connectivity index (χ0n) is 21.5. The molecule has 2 heterocycles. The smallest absolute Gasteiger partial charge is 0.407 e. The Balaban J connectivity index is 1.16. The molecule has 0 aromatic heterocycles. The van der Waals surface area contributed by atoms with Gasteiger partial charge in [0, 0.05) is 12.1 Å². The van der Waals surface area contributed by atoms with Crippen LogP contribution < -0.4 is 5.32 Å². The van der Waals surface area contributed by atoms with Crippen LogP contribution in [0.3, 0.4) is 0 Å². The van der Waals surface area contributed by atoms with Gasteiger partial charge in [0.25, 0.3) is 0 Å². The molecule has 0 aliphatic carbocycles. The first-order valence-corrected chi connectivity index (χ1v) is 13.0. The lowest BCUT2D eigenvalue weighted by Gasteiger charge is -2.47. The first kappa shape index (κ1) is 27.3. The third kappa shape index (κ3) is 7.42. The minimum absolute atomic E-state index is 0.0965. The van der Waals surface area contributed by atoms with Gasteiger partial charge < -0.3 is 38.8 Å². The molecular weight excluding hydrogens is 502 g/mol. The third-order valence-electron chi connectivity index (χ3n) is 6.53. The molecule has 2 fully saturated rings. The summed E-state index contributed by atoms with van der Waals surface area (Å²) in [4.78, 5) is 12.0. The summed E-state index contributed by atoms with van der Waals surface area (Å²) in [5.41, 5.74) is 2.73. The highest BCUT2D eigenvalue weighted by atomic mass is 16.8. The lowest BCUT2D eigenvalue weighted by molar-refractivity contribution is -0.366. The van der Waals surface area contributed by atoms with Crippen molar-refractivity contribution in [1.29, 1.82) is 0 Å². The van der Waals surface area contributed by atoms with Gasteiger partial charge in [-0.2, -0.15) is 0 Å². The van der Waals surface area contributed by atoms with Gasteiger partial charge in [-0.15, -0.1) is 0 Å². The highest BCUT2D eigenvalue weighted by molar-refractivity contribution is 5.67. The molecule has 6 atom stereocenters. The van der Waals surface area contributed by atoms with Crippen molar-refractivity contribution in [2.75, 3.05) is 19.8 Å². The molecule has 9 heteroatoms. The van der Waals surface area contributed by atoms with Gasteiger partial charge in [-0.3, -0.25) is 0 Å². The van der Waals surface area contributed by atoms with Gasteiger partial charge in [0.15, 0.2) is 12.6 Å². The average molecular weight is 536 g/mol. The Hall–Kier alpha value is -3.31. The lowest BCUT2D eigenvalue weighted by atomic mass is 9.97. The number of aliphatic hydroxyl groups is 1. The van der Waals surface area contributed by atoms with E-state index in [4.69, 9.17) is 28.4 Å². The Labute approximate surface area is 227 Å². The molecule has 0 bridgehead atoms. The summed E-state index contributed by atoms with van der Waals surface area (Å²) in [6, 6.07) is 28.7. The third-order valence-corrected chi connectivity index (χ3v) is 6.53. The maximum Gasteiger partial charge on any atom is 0.407 e. The summed E-state index contributed by atoms with van der Waals surface area (Å²) >= 11 is 0. The van der Waals surface area contributed by atoms with Gasteiger partial charge in [-0.1, -0.05) is 91.0 Å². The van der Waals surface area contributed by atoms with E-state index < -0.39 is 43.1 Å². The van der Waals surface area contributed by atoms with Crippen molar-refractivity contribution in [3.63, 3.8) is 0 Å². The maximum atomic E-state index is 12.0. The average Bonchev–Trinajstić information content (AvgIpc) is 2.99. The number of carbonyl (C=O) groups is 1. The minimum atomic E-state index is -1.13. The fourth-order valence-corrected chi connectivity index (χ4v) is 4.54. The van der Waals surface area contributed by atoms with Crippen molar-refractivity contribution < 1.29 is 38.3 Å². The second kappa shape index (κ2) is 13.7. The zero-order chi connectivity index (χ0) is 26.9. The van der Waals surface area contributed by atoms with Crippen LogP contribution in [0.15, 0.2) is 91.0 Å². The molecule has 2 N–H and O–H groups in total. The number of alkyl carbamates (subject to hydrolysis) is 1. The van der Waals surface area contributed by atoms with Crippen LogP contribution in [-0.4, -0.2) is 61.7 Å². The number of amides is 1. The molecule has 2 aliphatic rings. The van der Waals surface area contributed by atoms with E-state index in [-0.39, 0.29) is 33.0 Å². The highest BCUT2D eigenvalue weighted by Gasteiger charge is 2.50. The molecule has 1 amide bonds. The van der Waals surface area contributed by atoms with Crippen LogP contribution in [-0.2, 0) is 41.6 Å². The molecule has 9 nitrogen and oxygen atoms in total. The number of hydrogen-bond donors (Lipinski definition) is 2. The van der Waals surface area contributed by atoms with E-state index in [1.807, 2.05) is 91.0 Å². The number of rotatable bonds is 10. The Bertz CT molecular complexity index is 1150. The van der Waals surface area contributed by atoms with Crippen LogP contribution in [0.25, 0.3) is 0 Å². The molecule has 3 aromatic rings. The van der Waals surface area contributed by atoms with E-state index in [2.05, 4.69) is 5.32 Å². The molecule has 39 heavy (non-hydrogen) atoms. The standard InChI is InChI=1S/C30H33NO8/c32-25-27(35-18-21-10-4-1-5-11-21)26-24(20-36-28(39-26)23-14-8-3-9-15-23)38-29(25)34-17-16-31-30(33)37-19-22-12-6-2-7-13-22/h1-15,24-29,32H,16-20H2,(H,31,33)/t24-,25+,26-,27-,28?,29-/m1/s1. The van der Waals surface area contributed by atoms with Gasteiger partial charge >= 0.3 is 6.09 Å². The number of aliphatic hydroxyl groups excluding tert-OH is 1. The van der Waals surface area contributed by atoms with Crippen molar-refractivity contribution in [1.82, 2.24) is 5.32 Å². The van der Waals surface area contributed by atoms with Crippen molar-refractivity contribution in [2.24, 2.45) is 0 Å². The first-order valence-electron chi connectivity index (χ1n) is 13.0. The van der Waals surface area contributed by atoms with Gasteiger partial charge in [0.1, 0.15) is 31.0 Å². The van der Waals surface area contributed by atoms with Gasteiger partial charge in [-0.25, -0.2) is 4.79 Å². The van der Waals surface area contributed by atoms with Gasteiger partial charge in [0.2, 0.25) is 0 Å². The van der Waals surface area contributed by atoms with Crippen LogP contribution in [0.5, 0.6) is 0 Å². The molecular formula is C30H33NO8. The quantitative estimate of drug-likeness (QED) is 0.379. The Morgan fingerprint density at radius 2 is 1.49 bits per heavy atom. The van der Waals surface area contributed by atoms with Gasteiger partial charge in [0.05, 0.1) is 19.8 Å². The zero-order valence-corrected chi connectivity index (χ0v) is 21.5. The summed E-state index contributed by atoms with van der Waals surface area (Å²) in [6.45, 7) is 0.970. The van der Waals surface area contributed by atoms with E-state index in [0.717, 1.165) is 16.7 Å². The SMILES string of the molecule is O=C(NCCO[C@@H]1O[C@@H]2COC(c3ccccc3)O[C@H]2[C@H](OCc2ccccc2)[C@@H]1O)OCc1ccccc1. The summed E-state index contributed by atoms with van der Waals surface area (Å²) < 4.78 is 35.5. The molecule has 2 aliphatic heterocycles. The van der Waals surface area contributed by atoms with E-state index in [0.29, 0.717) is 0 Å². The predicted octanol–water partition coefficient (Wildman–Crippen LogP) is 3.71. The Morgan fingerprint density at radius 3 is 2.18 bits per heavy atom. The number of ether oxygens (including phenoxy) is 6. The second-order valence-electron chi connectivity index (χ2n) is 9.33. The van der Waals surface area contributed by atoms with E-state index in [1.54, 1.807) is 0 Å². The molecule has 3 aromatic carbocycles. The number of fused-ring (bicyclic) bond motifs is 1. The molecule has 0 saturated carbocycles. The van der Waals surface area contributed by atoms with Crippen LogP contribution in [0, 0.1) is 0 Å². The van der Waals surface area contributed by atoms with Crippen LogP contribution in [0.1, 0.15) is 23.0 Å². The Kier molecular flexibility index (Phi) is 9.55. The molecule has 206 valence electrons. The van der Waals surface area contributed by atoms with Crippen LogP contribution >= 0.6 is 0 Å². The van der Waals surface area contributed by atoms with Gasteiger partial charge in [-0.05, 0) is 11.1 Å². The highest BCUT2D eigenvalue weighted by Crippen LogP contribution is 2.35. The van der Waals surface area contributed by atoms with Crippen LogP contribution in [0.2, 0.25) is 0 Å². The fraction of sp³-hybridized carbons (Fsp3) is 0.367. The van der Waals surface area contributed by atoms with E-state index >= 15 is 0 Å². The van der Waals surface area contributed by atoms with Crippen LogP contribution in [0.4, 0.5) is 4.79 Å². The van der Waals surface area contributed by atoms with Crippen molar-refractivity contribution in [3.8, 4) is 0 Å². The molecule has 2 saturated heterocycles. The monoisotopic (exact) mass is 535 g/mol. The summed E-state index contributed by atoms with van der Waals surface area (Å²) in [7, 11) is 0. The molecule has 1 unspecified atom stereocenters.